The lowest BCUT2D eigenvalue weighted by Gasteiger charge is -2.08. The van der Waals surface area contributed by atoms with Gasteiger partial charge in [0.1, 0.15) is 11.5 Å². The molecule has 0 spiro atoms. The molecule has 1 N–H and O–H groups in total. The summed E-state index contributed by atoms with van der Waals surface area (Å²) < 4.78 is 14.5. The quantitative estimate of drug-likeness (QED) is 0.527. The summed E-state index contributed by atoms with van der Waals surface area (Å²) in [5.74, 6) is -0.718. The maximum atomic E-state index is 13.1. The number of carbonyl (C=O) groups is 1. The molecular formula is C22H17FN4O2S. The third kappa shape index (κ3) is 4.33. The Morgan fingerprint density at radius 2 is 1.97 bits per heavy atom. The molecule has 0 aliphatic heterocycles. The fourth-order valence-electron chi connectivity index (χ4n) is 2.94. The van der Waals surface area contributed by atoms with Gasteiger partial charge >= 0.3 is 0 Å². The van der Waals surface area contributed by atoms with Gasteiger partial charge in [0.15, 0.2) is 5.13 Å². The predicted octanol–water partition coefficient (Wildman–Crippen LogP) is 4.11. The molecule has 0 aliphatic rings. The molecule has 4 rings (SSSR count). The highest BCUT2D eigenvalue weighted by Gasteiger charge is 2.13. The minimum Gasteiger partial charge on any atom is -0.310 e. The molecule has 0 atom stereocenters. The average Bonchev–Trinajstić information content (AvgIpc) is 3.19. The van der Waals surface area contributed by atoms with Gasteiger partial charge in [-0.2, -0.15) is 0 Å². The van der Waals surface area contributed by atoms with Gasteiger partial charge in [0.05, 0.1) is 17.8 Å². The van der Waals surface area contributed by atoms with Crippen molar-refractivity contribution in [1.29, 1.82) is 0 Å². The Morgan fingerprint density at radius 1 is 1.17 bits per heavy atom. The highest BCUT2D eigenvalue weighted by Crippen LogP contribution is 2.25. The third-order valence-electron chi connectivity index (χ3n) is 4.49. The molecule has 4 aromatic rings. The molecule has 0 radical (unpaired) electrons. The third-order valence-corrected chi connectivity index (χ3v) is 5.25. The van der Waals surface area contributed by atoms with E-state index >= 15 is 0 Å². The molecule has 150 valence electrons. The maximum Gasteiger partial charge on any atom is 0.258 e. The van der Waals surface area contributed by atoms with E-state index in [1.165, 1.54) is 46.4 Å². The standard InChI is InChI=1S/C22H17FN4O2S/c1-14-3-2-10-24-20(14)18-13-30-22(25-18)26-21(29)16-6-9-19(28)27(12-16)11-15-4-7-17(23)8-5-15/h2-10,12-13H,11H2,1H3,(H,25,26,29). The highest BCUT2D eigenvalue weighted by molar-refractivity contribution is 7.14. The zero-order valence-electron chi connectivity index (χ0n) is 16.0. The van der Waals surface area contributed by atoms with Crippen LogP contribution in [0.1, 0.15) is 21.5 Å². The maximum absolute atomic E-state index is 13.1. The molecule has 0 saturated heterocycles. The second kappa shape index (κ2) is 8.38. The molecule has 1 amide bonds. The van der Waals surface area contributed by atoms with Crippen LogP contribution in [0.15, 0.2) is 71.1 Å². The summed E-state index contributed by atoms with van der Waals surface area (Å²) in [5.41, 5.74) is 3.28. The highest BCUT2D eigenvalue weighted by atomic mass is 32.1. The number of amides is 1. The minimum absolute atomic E-state index is 0.237. The lowest BCUT2D eigenvalue weighted by atomic mass is 10.2. The van der Waals surface area contributed by atoms with Crippen LogP contribution in [0.4, 0.5) is 9.52 Å². The van der Waals surface area contributed by atoms with Crippen LogP contribution in [-0.2, 0) is 6.54 Å². The number of hydrogen-bond acceptors (Lipinski definition) is 5. The van der Waals surface area contributed by atoms with Crippen molar-refractivity contribution >= 4 is 22.4 Å². The van der Waals surface area contributed by atoms with E-state index in [9.17, 15) is 14.0 Å². The molecular weight excluding hydrogens is 403 g/mol. The van der Waals surface area contributed by atoms with Gasteiger partial charge in [-0.05, 0) is 42.3 Å². The Labute approximate surface area is 175 Å². The van der Waals surface area contributed by atoms with E-state index in [0.29, 0.717) is 16.4 Å². The van der Waals surface area contributed by atoms with Gasteiger partial charge in [0.2, 0.25) is 0 Å². The molecule has 6 nitrogen and oxygen atoms in total. The van der Waals surface area contributed by atoms with E-state index in [1.807, 2.05) is 24.4 Å². The summed E-state index contributed by atoms with van der Waals surface area (Å²) in [5, 5.41) is 5.04. The summed E-state index contributed by atoms with van der Waals surface area (Å²) in [6.45, 7) is 2.19. The van der Waals surface area contributed by atoms with Gasteiger partial charge in [-0.25, -0.2) is 9.37 Å². The van der Waals surface area contributed by atoms with E-state index in [0.717, 1.165) is 16.8 Å². The topological polar surface area (TPSA) is 76.9 Å². The van der Waals surface area contributed by atoms with Crippen LogP contribution in [0.5, 0.6) is 0 Å². The Morgan fingerprint density at radius 3 is 2.73 bits per heavy atom. The SMILES string of the molecule is Cc1cccnc1-c1csc(NC(=O)c2ccc(=O)n(Cc3ccc(F)cc3)c2)n1. The van der Waals surface area contributed by atoms with Gasteiger partial charge in [-0.3, -0.25) is 19.9 Å². The number of benzene rings is 1. The number of carbonyl (C=O) groups excluding carboxylic acids is 1. The average molecular weight is 420 g/mol. The summed E-state index contributed by atoms with van der Waals surface area (Å²) >= 11 is 1.30. The van der Waals surface area contributed by atoms with Gasteiger partial charge in [-0.15, -0.1) is 11.3 Å². The number of rotatable bonds is 5. The van der Waals surface area contributed by atoms with Crippen molar-refractivity contribution in [1.82, 2.24) is 14.5 Å². The van der Waals surface area contributed by atoms with E-state index in [1.54, 1.807) is 18.3 Å². The van der Waals surface area contributed by atoms with E-state index in [-0.39, 0.29) is 23.8 Å². The van der Waals surface area contributed by atoms with Gasteiger partial charge < -0.3 is 4.57 Å². The molecule has 0 unspecified atom stereocenters. The molecule has 3 aromatic heterocycles. The van der Waals surface area contributed by atoms with Crippen LogP contribution in [-0.4, -0.2) is 20.4 Å². The first-order chi connectivity index (χ1) is 14.5. The van der Waals surface area contributed by atoms with Crippen molar-refractivity contribution in [2.24, 2.45) is 0 Å². The van der Waals surface area contributed by atoms with Crippen molar-refractivity contribution in [2.75, 3.05) is 5.32 Å². The minimum atomic E-state index is -0.374. The number of thiazole rings is 1. The zero-order chi connectivity index (χ0) is 21.1. The summed E-state index contributed by atoms with van der Waals surface area (Å²) in [7, 11) is 0. The van der Waals surface area contributed by atoms with Gasteiger partial charge in [-0.1, -0.05) is 18.2 Å². The molecule has 30 heavy (non-hydrogen) atoms. The largest absolute Gasteiger partial charge is 0.310 e. The summed E-state index contributed by atoms with van der Waals surface area (Å²) in [4.78, 5) is 33.6. The molecule has 3 heterocycles. The van der Waals surface area contributed by atoms with E-state index < -0.39 is 0 Å². The normalized spacial score (nSPS) is 10.7. The van der Waals surface area contributed by atoms with Crippen molar-refractivity contribution in [2.45, 2.75) is 13.5 Å². The molecule has 8 heteroatoms. The van der Waals surface area contributed by atoms with Crippen molar-refractivity contribution < 1.29 is 9.18 Å². The van der Waals surface area contributed by atoms with Crippen LogP contribution in [0.3, 0.4) is 0 Å². The first-order valence-corrected chi connectivity index (χ1v) is 10.0. The number of anilines is 1. The second-order valence-corrected chi connectivity index (χ2v) is 7.53. The van der Waals surface area contributed by atoms with Gasteiger partial charge in [0, 0.05) is 23.8 Å². The fraction of sp³-hybridized carbons (Fsp3) is 0.0909. The number of nitrogens with one attached hydrogen (secondary N) is 1. The fourth-order valence-corrected chi connectivity index (χ4v) is 3.63. The van der Waals surface area contributed by atoms with Crippen molar-refractivity contribution in [3.63, 3.8) is 0 Å². The van der Waals surface area contributed by atoms with Crippen molar-refractivity contribution in [3.8, 4) is 11.4 Å². The Balaban J connectivity index is 1.52. The number of halogens is 1. The monoisotopic (exact) mass is 420 g/mol. The number of nitrogens with zero attached hydrogens (tertiary/aromatic N) is 3. The van der Waals surface area contributed by atoms with E-state index in [2.05, 4.69) is 15.3 Å². The Hall–Kier alpha value is -3.65. The second-order valence-electron chi connectivity index (χ2n) is 6.67. The predicted molar refractivity (Wildman–Crippen MR) is 114 cm³/mol. The Bertz CT molecular complexity index is 1260. The van der Waals surface area contributed by atoms with E-state index in [4.69, 9.17) is 0 Å². The van der Waals surface area contributed by atoms with Crippen LogP contribution in [0.25, 0.3) is 11.4 Å². The smallest absolute Gasteiger partial charge is 0.258 e. The van der Waals surface area contributed by atoms with Crippen LogP contribution in [0, 0.1) is 12.7 Å². The summed E-state index contributed by atoms with van der Waals surface area (Å²) in [6, 6.07) is 12.5. The first kappa shape index (κ1) is 19.7. The molecule has 0 bridgehead atoms. The molecule has 1 aromatic carbocycles. The number of pyridine rings is 2. The first-order valence-electron chi connectivity index (χ1n) is 9.13. The number of aryl methyl sites for hydroxylation is 1. The molecule has 0 fully saturated rings. The lowest BCUT2D eigenvalue weighted by Crippen LogP contribution is -2.22. The van der Waals surface area contributed by atoms with Crippen molar-refractivity contribution in [3.05, 3.63) is 99.2 Å². The lowest BCUT2D eigenvalue weighted by molar-refractivity contribution is 0.102. The molecule has 0 aliphatic carbocycles. The molecule has 0 saturated carbocycles. The van der Waals surface area contributed by atoms with Gasteiger partial charge in [0.25, 0.3) is 11.5 Å². The Kier molecular flexibility index (Phi) is 5.49. The number of hydrogen-bond donors (Lipinski definition) is 1. The zero-order valence-corrected chi connectivity index (χ0v) is 16.8. The number of aromatic nitrogens is 3. The van der Waals surface area contributed by atoms with Crippen LogP contribution in [0.2, 0.25) is 0 Å². The van der Waals surface area contributed by atoms with Crippen LogP contribution >= 0.6 is 11.3 Å². The summed E-state index contributed by atoms with van der Waals surface area (Å²) in [6.07, 6.45) is 3.18. The van der Waals surface area contributed by atoms with Crippen LogP contribution < -0.4 is 10.9 Å².